The lowest BCUT2D eigenvalue weighted by molar-refractivity contribution is 0.0340. The lowest BCUT2D eigenvalue weighted by atomic mass is 9.99. The Hall–Kier alpha value is -3.54. The summed E-state index contributed by atoms with van der Waals surface area (Å²) in [5.41, 5.74) is 3.63. The number of hydrogen-bond donors (Lipinski definition) is 1. The van der Waals surface area contributed by atoms with Crippen LogP contribution in [0.4, 0.5) is 0 Å². The molecule has 0 spiro atoms. The van der Waals surface area contributed by atoms with Crippen LogP contribution in [0.3, 0.4) is 0 Å². The molecule has 0 aliphatic carbocycles. The minimum absolute atomic E-state index is 0.0105. The maximum Gasteiger partial charge on any atom is 0.119 e. The summed E-state index contributed by atoms with van der Waals surface area (Å²) in [6, 6.07) is 24.6. The number of methoxy groups -OCH3 is 1. The van der Waals surface area contributed by atoms with Gasteiger partial charge in [0.2, 0.25) is 0 Å². The Labute approximate surface area is 186 Å². The number of aliphatic hydroxyl groups excluding tert-OH is 1. The molecule has 0 fully saturated rings. The lowest BCUT2D eigenvalue weighted by Gasteiger charge is -2.13. The molecule has 5 rings (SSSR count). The number of rotatable bonds is 7. The number of aliphatic hydroxyl groups is 1. The second-order valence-corrected chi connectivity index (χ2v) is 7.75. The summed E-state index contributed by atoms with van der Waals surface area (Å²) in [6.45, 7) is 0.469. The van der Waals surface area contributed by atoms with E-state index in [0.29, 0.717) is 13.0 Å². The molecule has 0 aliphatic heterocycles. The predicted molar refractivity (Wildman–Crippen MR) is 128 cm³/mol. The molecule has 4 aromatic carbocycles. The molecule has 1 N–H and O–H groups in total. The van der Waals surface area contributed by atoms with Crippen molar-refractivity contribution in [1.29, 1.82) is 0 Å². The van der Waals surface area contributed by atoms with Crippen molar-refractivity contribution in [2.75, 3.05) is 20.3 Å². The first-order chi connectivity index (χ1) is 15.8. The van der Waals surface area contributed by atoms with Crippen LogP contribution in [0.25, 0.3) is 43.8 Å². The minimum atomic E-state index is -0.201. The Morgan fingerprint density at radius 2 is 1.44 bits per heavy atom. The molecule has 32 heavy (non-hydrogen) atoms. The van der Waals surface area contributed by atoms with E-state index in [1.54, 1.807) is 7.11 Å². The van der Waals surface area contributed by atoms with Gasteiger partial charge in [-0.1, -0.05) is 48.5 Å². The fraction of sp³-hybridized carbons (Fsp3) is 0.185. The molecule has 160 valence electrons. The number of ether oxygens (including phenoxy) is 2. The van der Waals surface area contributed by atoms with Crippen LogP contribution in [0, 0.1) is 0 Å². The predicted octanol–water partition coefficient (Wildman–Crippen LogP) is 5.38. The summed E-state index contributed by atoms with van der Waals surface area (Å²) in [5, 5.41) is 13.8. The zero-order valence-corrected chi connectivity index (χ0v) is 17.9. The molecule has 1 unspecified atom stereocenters. The van der Waals surface area contributed by atoms with Gasteiger partial charge in [0.1, 0.15) is 5.75 Å². The summed E-state index contributed by atoms with van der Waals surface area (Å²) in [7, 11) is 1.59. The molecule has 0 aliphatic rings. The number of aromatic nitrogens is 2. The first-order valence-corrected chi connectivity index (χ1v) is 10.7. The molecule has 1 aromatic heterocycles. The van der Waals surface area contributed by atoms with Crippen LogP contribution < -0.4 is 4.74 Å². The average molecular weight is 425 g/mol. The Morgan fingerprint density at radius 1 is 0.812 bits per heavy atom. The number of nitrogens with zero attached hydrogens (tertiary/aromatic N) is 2. The smallest absolute Gasteiger partial charge is 0.119 e. The van der Waals surface area contributed by atoms with Crippen LogP contribution >= 0.6 is 0 Å². The number of benzene rings is 4. The molecular weight excluding hydrogens is 400 g/mol. The third-order valence-electron chi connectivity index (χ3n) is 5.82. The van der Waals surface area contributed by atoms with E-state index in [9.17, 15) is 5.11 Å². The highest BCUT2D eigenvalue weighted by Gasteiger charge is 2.12. The lowest BCUT2D eigenvalue weighted by Crippen LogP contribution is -2.18. The zero-order valence-electron chi connectivity index (χ0n) is 17.9. The van der Waals surface area contributed by atoms with Crippen molar-refractivity contribution in [2.45, 2.75) is 12.5 Å². The summed E-state index contributed by atoms with van der Waals surface area (Å²) >= 11 is 0. The fourth-order valence-corrected chi connectivity index (χ4v) is 4.08. The minimum Gasteiger partial charge on any atom is -0.493 e. The van der Waals surface area contributed by atoms with Gasteiger partial charge < -0.3 is 14.6 Å². The van der Waals surface area contributed by atoms with Gasteiger partial charge >= 0.3 is 0 Å². The molecule has 0 bridgehead atoms. The maximum atomic E-state index is 9.19. The van der Waals surface area contributed by atoms with Crippen molar-refractivity contribution >= 4 is 32.6 Å². The summed E-state index contributed by atoms with van der Waals surface area (Å²) < 4.78 is 10.9. The van der Waals surface area contributed by atoms with Crippen LogP contribution in [0.2, 0.25) is 0 Å². The second-order valence-electron chi connectivity index (χ2n) is 7.75. The number of hydrogen-bond acceptors (Lipinski definition) is 5. The Balaban J connectivity index is 1.49. The van der Waals surface area contributed by atoms with E-state index in [1.165, 1.54) is 10.8 Å². The SMILES string of the molecule is COC(CO)CCOc1ccc(-c2cnc3c4ccccc4c4ccccc4c3n2)cc1. The standard InChI is InChI=1S/C27H24N2O3/c1-31-20(17-30)14-15-32-19-12-10-18(11-13-19)25-16-28-26-23-8-4-2-6-21(23)22-7-3-5-9-24(22)27(26)29-25/h2-13,16,20,30H,14-15,17H2,1H3. The summed E-state index contributed by atoms with van der Waals surface area (Å²) in [6.07, 6.45) is 2.27. The molecule has 5 heteroatoms. The molecule has 5 aromatic rings. The van der Waals surface area contributed by atoms with Gasteiger partial charge in [-0.05, 0) is 35.0 Å². The van der Waals surface area contributed by atoms with E-state index in [-0.39, 0.29) is 12.7 Å². The molecule has 1 heterocycles. The van der Waals surface area contributed by atoms with Crippen molar-refractivity contribution in [3.8, 4) is 17.0 Å². The van der Waals surface area contributed by atoms with E-state index >= 15 is 0 Å². The third kappa shape index (κ3) is 3.77. The Kier molecular flexibility index (Phi) is 5.67. The maximum absolute atomic E-state index is 9.19. The average Bonchev–Trinajstić information content (AvgIpc) is 2.87. The van der Waals surface area contributed by atoms with E-state index in [1.807, 2.05) is 42.6 Å². The Morgan fingerprint density at radius 3 is 2.06 bits per heavy atom. The first-order valence-electron chi connectivity index (χ1n) is 10.7. The van der Waals surface area contributed by atoms with Gasteiger partial charge in [-0.15, -0.1) is 0 Å². The summed E-state index contributed by atoms with van der Waals surface area (Å²) in [5.74, 6) is 0.770. The van der Waals surface area contributed by atoms with Crippen molar-refractivity contribution < 1.29 is 14.6 Å². The molecule has 0 saturated carbocycles. The van der Waals surface area contributed by atoms with Crippen LogP contribution in [0.1, 0.15) is 6.42 Å². The monoisotopic (exact) mass is 424 g/mol. The molecule has 0 saturated heterocycles. The quantitative estimate of drug-likeness (QED) is 0.355. The van der Waals surface area contributed by atoms with Crippen molar-refractivity contribution in [3.63, 3.8) is 0 Å². The topological polar surface area (TPSA) is 64.5 Å². The van der Waals surface area contributed by atoms with Crippen LogP contribution in [-0.4, -0.2) is 41.5 Å². The highest BCUT2D eigenvalue weighted by Crippen LogP contribution is 2.34. The van der Waals surface area contributed by atoms with Gasteiger partial charge in [0.25, 0.3) is 0 Å². The molecule has 0 amide bonds. The zero-order chi connectivity index (χ0) is 21.9. The second kappa shape index (κ2) is 8.91. The van der Waals surface area contributed by atoms with Crippen LogP contribution in [0.15, 0.2) is 79.0 Å². The van der Waals surface area contributed by atoms with Crippen molar-refractivity contribution in [1.82, 2.24) is 9.97 Å². The van der Waals surface area contributed by atoms with Crippen LogP contribution in [0.5, 0.6) is 5.75 Å². The highest BCUT2D eigenvalue weighted by molar-refractivity contribution is 6.23. The fourth-order valence-electron chi connectivity index (χ4n) is 4.08. The molecular formula is C27H24N2O3. The normalized spacial score (nSPS) is 12.4. The molecule has 5 nitrogen and oxygen atoms in total. The molecule has 1 atom stereocenters. The number of fused-ring (bicyclic) bond motifs is 6. The van der Waals surface area contributed by atoms with Gasteiger partial charge in [0.15, 0.2) is 0 Å². The Bertz CT molecular complexity index is 1340. The van der Waals surface area contributed by atoms with E-state index in [4.69, 9.17) is 19.4 Å². The summed E-state index contributed by atoms with van der Waals surface area (Å²) in [4.78, 5) is 9.83. The van der Waals surface area contributed by atoms with Gasteiger partial charge in [-0.2, -0.15) is 0 Å². The van der Waals surface area contributed by atoms with E-state index in [2.05, 4.69) is 36.4 Å². The van der Waals surface area contributed by atoms with Gasteiger partial charge in [0, 0.05) is 29.9 Å². The first kappa shape index (κ1) is 20.4. The van der Waals surface area contributed by atoms with Gasteiger partial charge in [-0.25, -0.2) is 4.98 Å². The largest absolute Gasteiger partial charge is 0.493 e. The van der Waals surface area contributed by atoms with E-state index < -0.39 is 0 Å². The van der Waals surface area contributed by atoms with Crippen LogP contribution in [-0.2, 0) is 4.74 Å². The third-order valence-corrected chi connectivity index (χ3v) is 5.82. The highest BCUT2D eigenvalue weighted by atomic mass is 16.5. The van der Waals surface area contributed by atoms with Crippen molar-refractivity contribution in [2.24, 2.45) is 0 Å². The van der Waals surface area contributed by atoms with Gasteiger partial charge in [-0.3, -0.25) is 4.98 Å². The van der Waals surface area contributed by atoms with Crippen molar-refractivity contribution in [3.05, 3.63) is 79.0 Å². The van der Waals surface area contributed by atoms with Gasteiger partial charge in [0.05, 0.1) is 42.2 Å². The molecule has 0 radical (unpaired) electrons. The van der Waals surface area contributed by atoms with E-state index in [0.717, 1.165) is 38.8 Å².